The first-order chi connectivity index (χ1) is 33.5. The number of aromatic nitrogens is 8. The number of hydrogen-bond acceptors (Lipinski definition) is 8. The predicted molar refractivity (Wildman–Crippen MR) is 273 cm³/mol. The zero-order valence-corrected chi connectivity index (χ0v) is 37.4. The standard InChI is InChI=1S/C60H42N8/c1-39-30-32-51(40(2)62-39)53-38-45(31-33-52(53)46-24-15-27-49(36-46)59-64-55(41-17-6-3-7-18-41)63-56(65-59)42-19-8-4-9-20-42)44-23-14-26-48(35-44)58-66-57(43-21-10-5-11-22-43)67-60(68-58)50-28-16-25-47(37-50)54-29-12-13-34-61-54/h3-38H,1-2H3. The van der Waals surface area contributed by atoms with Gasteiger partial charge in [0.1, 0.15) is 0 Å². The molecular formula is C60H42N8. The molecule has 68 heavy (non-hydrogen) atoms. The minimum absolute atomic E-state index is 0.579. The van der Waals surface area contributed by atoms with Crippen LogP contribution in [0.25, 0.3) is 113 Å². The minimum atomic E-state index is 0.579. The van der Waals surface area contributed by atoms with E-state index in [1.807, 2.05) is 128 Å². The van der Waals surface area contributed by atoms with Crippen molar-refractivity contribution in [1.82, 2.24) is 39.9 Å². The first-order valence-corrected chi connectivity index (χ1v) is 22.5. The average molecular weight is 875 g/mol. The van der Waals surface area contributed by atoms with Crippen molar-refractivity contribution < 1.29 is 0 Å². The van der Waals surface area contributed by atoms with E-state index in [1.165, 1.54) is 0 Å². The van der Waals surface area contributed by atoms with Crippen molar-refractivity contribution in [2.45, 2.75) is 13.8 Å². The molecule has 7 aromatic carbocycles. The van der Waals surface area contributed by atoms with Crippen LogP contribution in [0.3, 0.4) is 0 Å². The van der Waals surface area contributed by atoms with Crippen molar-refractivity contribution in [2.75, 3.05) is 0 Å². The maximum absolute atomic E-state index is 5.12. The third-order valence-electron chi connectivity index (χ3n) is 11.9. The molecule has 11 aromatic rings. The second kappa shape index (κ2) is 18.4. The maximum atomic E-state index is 5.12. The normalized spacial score (nSPS) is 11.1. The Balaban J connectivity index is 1.01. The lowest BCUT2D eigenvalue weighted by Gasteiger charge is -2.16. The SMILES string of the molecule is Cc1ccc(-c2cc(-c3cccc(-c4nc(-c5ccccc5)nc(-c5cccc(-c6ccccn6)c5)n4)c3)ccc2-c2cccc(-c3nc(-c4ccccc4)nc(-c4ccccc4)n3)c2)c(C)n1. The van der Waals surface area contributed by atoms with Crippen LogP contribution in [-0.2, 0) is 0 Å². The van der Waals surface area contributed by atoms with Crippen molar-refractivity contribution in [1.29, 1.82) is 0 Å². The summed E-state index contributed by atoms with van der Waals surface area (Å²) in [6.45, 7) is 4.10. The summed E-state index contributed by atoms with van der Waals surface area (Å²) in [6, 6.07) is 72.0. The van der Waals surface area contributed by atoms with Crippen molar-refractivity contribution in [2.24, 2.45) is 0 Å². The van der Waals surface area contributed by atoms with E-state index in [1.54, 1.807) is 6.20 Å². The van der Waals surface area contributed by atoms with Gasteiger partial charge in [0.2, 0.25) is 0 Å². The predicted octanol–water partition coefficient (Wildman–Crippen LogP) is 14.1. The lowest BCUT2D eigenvalue weighted by Crippen LogP contribution is -2.00. The van der Waals surface area contributed by atoms with Gasteiger partial charge in [-0.25, -0.2) is 29.9 Å². The fourth-order valence-electron chi connectivity index (χ4n) is 8.47. The van der Waals surface area contributed by atoms with E-state index in [-0.39, 0.29) is 0 Å². The molecule has 0 unspecified atom stereocenters. The van der Waals surface area contributed by atoms with Crippen LogP contribution in [0.4, 0.5) is 0 Å². The second-order valence-electron chi connectivity index (χ2n) is 16.5. The van der Waals surface area contributed by atoms with Gasteiger partial charge in [0.25, 0.3) is 0 Å². The van der Waals surface area contributed by atoms with Crippen LogP contribution >= 0.6 is 0 Å². The van der Waals surface area contributed by atoms with E-state index in [4.69, 9.17) is 34.9 Å². The Bertz CT molecular complexity index is 3520. The summed E-state index contributed by atoms with van der Waals surface area (Å²) in [7, 11) is 0. The molecule has 8 nitrogen and oxygen atoms in total. The van der Waals surface area contributed by atoms with Gasteiger partial charge in [-0.2, -0.15) is 0 Å². The van der Waals surface area contributed by atoms with Crippen LogP contribution < -0.4 is 0 Å². The molecule has 0 atom stereocenters. The highest BCUT2D eigenvalue weighted by Crippen LogP contribution is 2.39. The van der Waals surface area contributed by atoms with E-state index < -0.39 is 0 Å². The van der Waals surface area contributed by atoms with Crippen molar-refractivity contribution in [3.63, 3.8) is 0 Å². The molecule has 0 saturated heterocycles. The number of hydrogen-bond donors (Lipinski definition) is 0. The summed E-state index contributed by atoms with van der Waals surface area (Å²) in [6.07, 6.45) is 1.80. The largest absolute Gasteiger partial charge is 0.258 e. The highest BCUT2D eigenvalue weighted by molar-refractivity contribution is 5.89. The second-order valence-corrected chi connectivity index (χ2v) is 16.5. The molecule has 8 heteroatoms. The molecule has 0 aliphatic carbocycles. The Morgan fingerprint density at radius 1 is 0.250 bits per heavy atom. The van der Waals surface area contributed by atoms with E-state index >= 15 is 0 Å². The monoisotopic (exact) mass is 874 g/mol. The van der Waals surface area contributed by atoms with Crippen molar-refractivity contribution in [3.8, 4) is 113 Å². The van der Waals surface area contributed by atoms with Crippen LogP contribution in [0, 0.1) is 13.8 Å². The number of pyridine rings is 2. The topological polar surface area (TPSA) is 103 Å². The first-order valence-electron chi connectivity index (χ1n) is 22.5. The zero-order valence-electron chi connectivity index (χ0n) is 37.4. The molecule has 4 heterocycles. The summed E-state index contributed by atoms with van der Waals surface area (Å²) in [5.41, 5.74) is 15.4. The molecule has 0 N–H and O–H groups in total. The van der Waals surface area contributed by atoms with Gasteiger partial charge in [0.15, 0.2) is 34.9 Å². The molecule has 322 valence electrons. The van der Waals surface area contributed by atoms with Gasteiger partial charge in [0, 0.05) is 62.1 Å². The molecule has 0 spiro atoms. The number of rotatable bonds is 10. The van der Waals surface area contributed by atoms with Gasteiger partial charge in [-0.3, -0.25) is 9.97 Å². The third-order valence-corrected chi connectivity index (χ3v) is 11.9. The zero-order chi connectivity index (χ0) is 45.8. The Labute approximate surface area is 394 Å². The van der Waals surface area contributed by atoms with Gasteiger partial charge < -0.3 is 0 Å². The molecule has 0 radical (unpaired) electrons. The van der Waals surface area contributed by atoms with Gasteiger partial charge in [-0.05, 0) is 84.1 Å². The maximum Gasteiger partial charge on any atom is 0.164 e. The molecule has 0 fully saturated rings. The van der Waals surface area contributed by atoms with E-state index in [0.717, 1.165) is 89.4 Å². The smallest absolute Gasteiger partial charge is 0.164 e. The minimum Gasteiger partial charge on any atom is -0.258 e. The lowest BCUT2D eigenvalue weighted by atomic mass is 9.89. The summed E-state index contributed by atoms with van der Waals surface area (Å²) < 4.78 is 0. The molecule has 0 aliphatic rings. The number of aryl methyl sites for hydroxylation is 2. The van der Waals surface area contributed by atoms with Gasteiger partial charge in [-0.15, -0.1) is 0 Å². The van der Waals surface area contributed by atoms with Crippen LogP contribution in [0.15, 0.2) is 219 Å². The fourth-order valence-corrected chi connectivity index (χ4v) is 8.47. The van der Waals surface area contributed by atoms with Crippen LogP contribution in [0.1, 0.15) is 11.4 Å². The summed E-state index contributed by atoms with van der Waals surface area (Å²) in [5.74, 6) is 3.59. The molecule has 0 saturated carbocycles. The van der Waals surface area contributed by atoms with Crippen LogP contribution in [0.5, 0.6) is 0 Å². The number of benzene rings is 7. The summed E-state index contributed by atoms with van der Waals surface area (Å²) in [4.78, 5) is 39.7. The molecule has 11 rings (SSSR count). The quantitative estimate of drug-likeness (QED) is 0.134. The molecule has 0 bridgehead atoms. The molecular weight excluding hydrogens is 833 g/mol. The molecule has 0 aliphatic heterocycles. The molecule has 4 aromatic heterocycles. The third kappa shape index (κ3) is 8.69. The highest BCUT2D eigenvalue weighted by atomic mass is 15.0. The Morgan fingerprint density at radius 3 is 1.15 bits per heavy atom. The van der Waals surface area contributed by atoms with Gasteiger partial charge in [0.05, 0.1) is 5.69 Å². The summed E-state index contributed by atoms with van der Waals surface area (Å²) >= 11 is 0. The Kier molecular flexibility index (Phi) is 11.2. The van der Waals surface area contributed by atoms with E-state index in [9.17, 15) is 0 Å². The highest BCUT2D eigenvalue weighted by Gasteiger charge is 2.18. The molecule has 0 amide bonds. The Morgan fingerprint density at radius 2 is 0.647 bits per heavy atom. The van der Waals surface area contributed by atoms with Crippen molar-refractivity contribution in [3.05, 3.63) is 230 Å². The Hall–Kier alpha value is -9.14. The van der Waals surface area contributed by atoms with E-state index in [0.29, 0.717) is 34.9 Å². The van der Waals surface area contributed by atoms with Gasteiger partial charge in [-0.1, -0.05) is 170 Å². The average Bonchev–Trinajstić information content (AvgIpc) is 3.41. The first kappa shape index (κ1) is 41.6. The lowest BCUT2D eigenvalue weighted by molar-refractivity contribution is 1.07. The van der Waals surface area contributed by atoms with Crippen molar-refractivity contribution >= 4 is 0 Å². The van der Waals surface area contributed by atoms with Crippen LogP contribution in [-0.4, -0.2) is 39.9 Å². The number of nitrogens with zero attached hydrogens (tertiary/aromatic N) is 8. The van der Waals surface area contributed by atoms with Gasteiger partial charge >= 0.3 is 0 Å². The van der Waals surface area contributed by atoms with Crippen LogP contribution in [0.2, 0.25) is 0 Å². The fraction of sp³-hybridized carbons (Fsp3) is 0.0333. The van der Waals surface area contributed by atoms with E-state index in [2.05, 4.69) is 103 Å². The summed E-state index contributed by atoms with van der Waals surface area (Å²) in [5, 5.41) is 0.